The van der Waals surface area contributed by atoms with Gasteiger partial charge in [-0.05, 0) is 40.9 Å². The van der Waals surface area contributed by atoms with E-state index < -0.39 is 0 Å². The van der Waals surface area contributed by atoms with Crippen LogP contribution in [0.3, 0.4) is 0 Å². The molecule has 1 aromatic rings. The average Bonchev–Trinajstić information content (AvgIpc) is 1.98. The normalized spacial score (nSPS) is 13.0. The van der Waals surface area contributed by atoms with Crippen LogP contribution in [0.5, 0.6) is 0 Å². The lowest BCUT2D eigenvalue weighted by atomic mass is 10.1. The molecule has 0 saturated carbocycles. The first kappa shape index (κ1) is 10.0. The Morgan fingerprint density at radius 2 is 2.25 bits per heavy atom. The van der Waals surface area contributed by atoms with Gasteiger partial charge in [0.15, 0.2) is 0 Å². The van der Waals surface area contributed by atoms with Gasteiger partial charge in [0.25, 0.3) is 0 Å². The van der Waals surface area contributed by atoms with E-state index in [1.807, 2.05) is 25.1 Å². The summed E-state index contributed by atoms with van der Waals surface area (Å²) < 4.78 is 0.962. The molecule has 12 heavy (non-hydrogen) atoms. The first-order valence-electron chi connectivity index (χ1n) is 3.79. The van der Waals surface area contributed by atoms with Gasteiger partial charge in [-0.15, -0.1) is 0 Å². The fourth-order valence-corrected chi connectivity index (χ4v) is 1.67. The Morgan fingerprint density at radius 3 is 2.83 bits per heavy atom. The molecule has 1 aromatic carbocycles. The molecule has 1 rings (SSSR count). The van der Waals surface area contributed by atoms with Crippen LogP contribution in [0.4, 0.5) is 0 Å². The Kier molecular flexibility index (Phi) is 3.56. The topological polar surface area (TPSA) is 26.0 Å². The minimum Gasteiger partial charge on any atom is -0.328 e. The largest absolute Gasteiger partial charge is 0.328 e. The third kappa shape index (κ3) is 2.47. The Morgan fingerprint density at radius 1 is 1.58 bits per heavy atom. The number of benzene rings is 1. The summed E-state index contributed by atoms with van der Waals surface area (Å²) in [7, 11) is 0. The monoisotopic (exact) mass is 247 g/mol. The maximum atomic E-state index is 5.91. The summed E-state index contributed by atoms with van der Waals surface area (Å²) in [5, 5.41) is 0.744. The van der Waals surface area contributed by atoms with Crippen LogP contribution in [0.2, 0.25) is 5.02 Å². The van der Waals surface area contributed by atoms with Gasteiger partial charge in [0.2, 0.25) is 0 Å². The first-order valence-corrected chi connectivity index (χ1v) is 4.97. The van der Waals surface area contributed by atoms with E-state index in [0.29, 0.717) is 0 Å². The van der Waals surface area contributed by atoms with Crippen LogP contribution < -0.4 is 5.73 Å². The molecule has 0 heterocycles. The van der Waals surface area contributed by atoms with Gasteiger partial charge in [0, 0.05) is 10.5 Å². The van der Waals surface area contributed by atoms with Gasteiger partial charge in [0.05, 0.1) is 5.02 Å². The summed E-state index contributed by atoms with van der Waals surface area (Å²) in [5.74, 6) is 0. The highest BCUT2D eigenvalue weighted by Gasteiger charge is 2.04. The summed E-state index contributed by atoms with van der Waals surface area (Å²) in [6.07, 6.45) is 0.848. The summed E-state index contributed by atoms with van der Waals surface area (Å²) in [5.41, 5.74) is 6.84. The minimum atomic E-state index is 0.166. The van der Waals surface area contributed by atoms with E-state index in [1.165, 1.54) is 0 Å². The lowest BCUT2D eigenvalue weighted by Crippen LogP contribution is -2.17. The fourth-order valence-electron chi connectivity index (χ4n) is 1.05. The van der Waals surface area contributed by atoms with Gasteiger partial charge in [-0.3, -0.25) is 0 Å². The molecule has 66 valence electrons. The van der Waals surface area contributed by atoms with Gasteiger partial charge >= 0.3 is 0 Å². The molecule has 2 N–H and O–H groups in total. The zero-order valence-corrected chi connectivity index (χ0v) is 9.19. The SMILES string of the molecule is C[C@H](N)Cc1cccc(Cl)c1Br. The molecule has 3 heteroatoms. The molecule has 0 aliphatic heterocycles. The lowest BCUT2D eigenvalue weighted by Gasteiger charge is -2.07. The van der Waals surface area contributed by atoms with E-state index in [9.17, 15) is 0 Å². The molecular formula is C9H11BrClN. The minimum absolute atomic E-state index is 0.166. The second-order valence-electron chi connectivity index (χ2n) is 2.89. The third-order valence-electron chi connectivity index (χ3n) is 1.57. The highest BCUT2D eigenvalue weighted by molar-refractivity contribution is 9.10. The van der Waals surface area contributed by atoms with Gasteiger partial charge in [-0.2, -0.15) is 0 Å². The van der Waals surface area contributed by atoms with Crippen molar-refractivity contribution in [2.45, 2.75) is 19.4 Å². The summed E-state index contributed by atoms with van der Waals surface area (Å²) >= 11 is 9.33. The van der Waals surface area contributed by atoms with E-state index in [2.05, 4.69) is 15.9 Å². The summed E-state index contributed by atoms with van der Waals surface area (Å²) in [6, 6.07) is 5.99. The molecule has 1 nitrogen and oxygen atoms in total. The van der Waals surface area contributed by atoms with Crippen LogP contribution in [0.25, 0.3) is 0 Å². The second-order valence-corrected chi connectivity index (χ2v) is 4.09. The number of halogens is 2. The number of nitrogens with two attached hydrogens (primary N) is 1. The highest BCUT2D eigenvalue weighted by Crippen LogP contribution is 2.26. The van der Waals surface area contributed by atoms with Crippen molar-refractivity contribution in [3.63, 3.8) is 0 Å². The molecule has 0 saturated heterocycles. The zero-order valence-electron chi connectivity index (χ0n) is 6.85. The van der Waals surface area contributed by atoms with Crippen molar-refractivity contribution < 1.29 is 0 Å². The predicted molar refractivity (Wildman–Crippen MR) is 56.5 cm³/mol. The number of hydrogen-bond donors (Lipinski definition) is 1. The van der Waals surface area contributed by atoms with Crippen molar-refractivity contribution >= 4 is 27.5 Å². The van der Waals surface area contributed by atoms with E-state index in [-0.39, 0.29) is 6.04 Å². The van der Waals surface area contributed by atoms with E-state index in [4.69, 9.17) is 17.3 Å². The van der Waals surface area contributed by atoms with Crippen LogP contribution in [0.15, 0.2) is 22.7 Å². The van der Waals surface area contributed by atoms with Gasteiger partial charge in [0.1, 0.15) is 0 Å². The molecule has 0 spiro atoms. The van der Waals surface area contributed by atoms with Crippen LogP contribution in [0, 0.1) is 0 Å². The maximum absolute atomic E-state index is 5.91. The molecule has 0 amide bonds. The van der Waals surface area contributed by atoms with Crippen LogP contribution in [-0.4, -0.2) is 6.04 Å². The lowest BCUT2D eigenvalue weighted by molar-refractivity contribution is 0.736. The van der Waals surface area contributed by atoms with Gasteiger partial charge in [-0.25, -0.2) is 0 Å². The fraction of sp³-hybridized carbons (Fsp3) is 0.333. The van der Waals surface area contributed by atoms with Crippen molar-refractivity contribution in [1.82, 2.24) is 0 Å². The summed E-state index contributed by atoms with van der Waals surface area (Å²) in [4.78, 5) is 0. The summed E-state index contributed by atoms with van der Waals surface area (Å²) in [6.45, 7) is 1.98. The number of hydrogen-bond acceptors (Lipinski definition) is 1. The molecule has 0 radical (unpaired) electrons. The molecule has 0 aliphatic rings. The molecule has 0 unspecified atom stereocenters. The van der Waals surface area contributed by atoms with Gasteiger partial charge < -0.3 is 5.73 Å². The second kappa shape index (κ2) is 4.26. The van der Waals surface area contributed by atoms with Crippen molar-refractivity contribution in [3.8, 4) is 0 Å². The van der Waals surface area contributed by atoms with Crippen molar-refractivity contribution in [2.75, 3.05) is 0 Å². The van der Waals surface area contributed by atoms with Crippen molar-refractivity contribution in [2.24, 2.45) is 5.73 Å². The standard InChI is InChI=1S/C9H11BrClN/c1-6(12)5-7-3-2-4-8(11)9(7)10/h2-4,6H,5,12H2,1H3/t6-/m0/s1. The van der Waals surface area contributed by atoms with Crippen molar-refractivity contribution in [1.29, 1.82) is 0 Å². The smallest absolute Gasteiger partial charge is 0.0550 e. The Labute approximate surface area is 86.0 Å². The quantitative estimate of drug-likeness (QED) is 0.855. The molecule has 0 fully saturated rings. The Balaban J connectivity index is 2.92. The van der Waals surface area contributed by atoms with Crippen LogP contribution >= 0.6 is 27.5 Å². The molecule has 1 atom stereocenters. The van der Waals surface area contributed by atoms with Crippen LogP contribution in [-0.2, 0) is 6.42 Å². The van der Waals surface area contributed by atoms with Crippen molar-refractivity contribution in [3.05, 3.63) is 33.3 Å². The van der Waals surface area contributed by atoms with Gasteiger partial charge in [-0.1, -0.05) is 23.7 Å². The van der Waals surface area contributed by atoms with Crippen LogP contribution in [0.1, 0.15) is 12.5 Å². The molecule has 0 aromatic heterocycles. The number of rotatable bonds is 2. The molecule has 0 bridgehead atoms. The third-order valence-corrected chi connectivity index (χ3v) is 3.05. The predicted octanol–water partition coefficient (Wildman–Crippen LogP) is 2.99. The maximum Gasteiger partial charge on any atom is 0.0550 e. The van der Waals surface area contributed by atoms with E-state index >= 15 is 0 Å². The molecular weight excluding hydrogens is 237 g/mol. The molecule has 0 aliphatic carbocycles. The van der Waals surface area contributed by atoms with E-state index in [0.717, 1.165) is 21.5 Å². The Hall–Kier alpha value is -0.0500. The zero-order chi connectivity index (χ0) is 9.14. The Bertz CT molecular complexity index is 273. The first-order chi connectivity index (χ1) is 5.61. The van der Waals surface area contributed by atoms with E-state index in [1.54, 1.807) is 0 Å². The average molecular weight is 249 g/mol. The highest BCUT2D eigenvalue weighted by atomic mass is 79.9.